The van der Waals surface area contributed by atoms with Crippen LogP contribution in [0.25, 0.3) is 80.1 Å². The van der Waals surface area contributed by atoms with E-state index < -0.39 is 0 Å². The van der Waals surface area contributed by atoms with Gasteiger partial charge in [0.2, 0.25) is 0 Å². The van der Waals surface area contributed by atoms with Gasteiger partial charge in [-0.2, -0.15) is 0 Å². The van der Waals surface area contributed by atoms with Crippen molar-refractivity contribution in [2.45, 2.75) is 0 Å². The molecule has 0 radical (unpaired) electrons. The average Bonchev–Trinajstić information content (AvgIpc) is 3.58. The second kappa shape index (κ2) is 6.21. The summed E-state index contributed by atoms with van der Waals surface area (Å²) in [6.07, 6.45) is 2.29. The lowest BCUT2D eigenvalue weighted by Crippen LogP contribution is -1.90. The van der Waals surface area contributed by atoms with Gasteiger partial charge in [-0.15, -0.1) is 11.3 Å². The first-order valence-corrected chi connectivity index (χ1v) is 12.7. The highest BCUT2D eigenvalue weighted by Gasteiger charge is 2.19. The lowest BCUT2D eigenvalue weighted by molar-refractivity contribution is 0.669. The standard InChI is InChI=1S/C32H17NOS/c1-2-8-19-18(7-1)17-33-25-16-29-23(20-9-4-6-12-28(20)35-29)15-24(25)30-22(32(19)33)13-14-27-31(30)21-10-3-5-11-26(21)34-27/h1-17H. The van der Waals surface area contributed by atoms with Gasteiger partial charge in [0.1, 0.15) is 11.2 Å². The van der Waals surface area contributed by atoms with Crippen LogP contribution in [0.3, 0.4) is 0 Å². The molecule has 0 fully saturated rings. The van der Waals surface area contributed by atoms with E-state index in [2.05, 4.69) is 102 Å². The zero-order chi connectivity index (χ0) is 22.7. The fourth-order valence-corrected chi connectivity index (χ4v) is 7.20. The molecule has 4 aromatic heterocycles. The summed E-state index contributed by atoms with van der Waals surface area (Å²) < 4.78 is 11.4. The molecule has 162 valence electrons. The summed E-state index contributed by atoms with van der Waals surface area (Å²) in [6.45, 7) is 0. The zero-order valence-electron chi connectivity index (χ0n) is 18.6. The second-order valence-corrected chi connectivity index (χ2v) is 10.4. The number of benzene rings is 5. The molecule has 4 heterocycles. The average molecular weight is 464 g/mol. The van der Waals surface area contributed by atoms with Crippen molar-refractivity contribution in [3.05, 3.63) is 103 Å². The number of hydrogen-bond acceptors (Lipinski definition) is 2. The Morgan fingerprint density at radius 3 is 2.29 bits per heavy atom. The summed E-state index contributed by atoms with van der Waals surface area (Å²) in [7, 11) is 0. The Balaban J connectivity index is 1.67. The minimum absolute atomic E-state index is 0.935. The van der Waals surface area contributed by atoms with E-state index in [1.54, 1.807) is 0 Å². The molecular formula is C32H17NOS. The van der Waals surface area contributed by atoms with Gasteiger partial charge in [-0.05, 0) is 36.4 Å². The van der Waals surface area contributed by atoms with E-state index in [-0.39, 0.29) is 0 Å². The molecule has 0 saturated heterocycles. The Morgan fingerprint density at radius 1 is 0.543 bits per heavy atom. The van der Waals surface area contributed by atoms with Gasteiger partial charge in [0.25, 0.3) is 0 Å². The Hall–Kier alpha value is -4.34. The normalized spacial score (nSPS) is 12.6. The van der Waals surface area contributed by atoms with E-state index >= 15 is 0 Å². The first-order valence-electron chi connectivity index (χ1n) is 11.9. The highest BCUT2D eigenvalue weighted by Crippen LogP contribution is 2.44. The number of rotatable bonds is 0. The number of aromatic nitrogens is 1. The van der Waals surface area contributed by atoms with E-state index in [1.165, 1.54) is 68.9 Å². The lowest BCUT2D eigenvalue weighted by Gasteiger charge is -2.11. The number of hydrogen-bond donors (Lipinski definition) is 0. The molecule has 9 aromatic rings. The molecule has 0 aliphatic carbocycles. The van der Waals surface area contributed by atoms with Crippen LogP contribution in [0.4, 0.5) is 0 Å². The summed E-state index contributed by atoms with van der Waals surface area (Å²) in [5, 5.41) is 11.4. The van der Waals surface area contributed by atoms with Crippen LogP contribution < -0.4 is 0 Å². The number of para-hydroxylation sites is 1. The quantitative estimate of drug-likeness (QED) is 0.205. The summed E-state index contributed by atoms with van der Waals surface area (Å²) >= 11 is 1.87. The maximum atomic E-state index is 6.33. The van der Waals surface area contributed by atoms with Crippen LogP contribution >= 0.6 is 11.3 Å². The number of nitrogens with zero attached hydrogens (tertiary/aromatic N) is 1. The molecule has 0 spiro atoms. The van der Waals surface area contributed by atoms with Crippen molar-refractivity contribution in [3.8, 4) is 0 Å². The van der Waals surface area contributed by atoms with Crippen LogP contribution in [-0.2, 0) is 0 Å². The van der Waals surface area contributed by atoms with Crippen LogP contribution in [0.5, 0.6) is 0 Å². The fraction of sp³-hybridized carbons (Fsp3) is 0. The number of thiophene rings is 1. The van der Waals surface area contributed by atoms with Gasteiger partial charge in [-0.3, -0.25) is 0 Å². The van der Waals surface area contributed by atoms with Crippen molar-refractivity contribution in [1.82, 2.24) is 4.40 Å². The third-order valence-electron chi connectivity index (χ3n) is 7.55. The predicted molar refractivity (Wildman–Crippen MR) is 150 cm³/mol. The molecule has 0 N–H and O–H groups in total. The SMILES string of the molecule is c1ccc2c(c1)cn1c3cc4sc5ccccc5c4cc3c3c(ccc4oc5ccccc5c43)c21. The Morgan fingerprint density at radius 2 is 1.34 bits per heavy atom. The van der Waals surface area contributed by atoms with Gasteiger partial charge in [0.05, 0.1) is 11.0 Å². The molecule has 3 heteroatoms. The molecule has 0 saturated carbocycles. The van der Waals surface area contributed by atoms with Crippen molar-refractivity contribution in [1.29, 1.82) is 0 Å². The Bertz CT molecular complexity index is 2330. The number of fused-ring (bicyclic) bond motifs is 15. The van der Waals surface area contributed by atoms with Gasteiger partial charge in [0, 0.05) is 64.1 Å². The summed E-state index contributed by atoms with van der Waals surface area (Å²) in [5.41, 5.74) is 4.37. The van der Waals surface area contributed by atoms with Crippen LogP contribution in [0.2, 0.25) is 0 Å². The molecule has 0 aliphatic heterocycles. The largest absolute Gasteiger partial charge is 0.456 e. The Kier molecular flexibility index (Phi) is 3.20. The summed E-state index contributed by atoms with van der Waals surface area (Å²) in [5.74, 6) is 0. The van der Waals surface area contributed by atoms with Crippen LogP contribution in [0, 0.1) is 0 Å². The van der Waals surface area contributed by atoms with E-state index in [0.29, 0.717) is 0 Å². The van der Waals surface area contributed by atoms with Crippen molar-refractivity contribution in [2.24, 2.45) is 0 Å². The van der Waals surface area contributed by atoms with Crippen molar-refractivity contribution in [3.63, 3.8) is 0 Å². The van der Waals surface area contributed by atoms with Gasteiger partial charge in [-0.25, -0.2) is 0 Å². The van der Waals surface area contributed by atoms with E-state index in [0.717, 1.165) is 11.2 Å². The maximum absolute atomic E-state index is 6.33. The summed E-state index contributed by atoms with van der Waals surface area (Å²) in [4.78, 5) is 0. The van der Waals surface area contributed by atoms with E-state index in [4.69, 9.17) is 4.42 Å². The molecule has 5 aromatic carbocycles. The van der Waals surface area contributed by atoms with E-state index in [1.807, 2.05) is 17.4 Å². The van der Waals surface area contributed by atoms with Crippen molar-refractivity contribution < 1.29 is 4.42 Å². The topological polar surface area (TPSA) is 17.6 Å². The molecule has 0 atom stereocenters. The molecule has 0 aliphatic rings. The fourth-order valence-electron chi connectivity index (χ4n) is 6.08. The van der Waals surface area contributed by atoms with Crippen LogP contribution in [0.1, 0.15) is 0 Å². The third kappa shape index (κ3) is 2.20. The van der Waals surface area contributed by atoms with Crippen molar-refractivity contribution in [2.75, 3.05) is 0 Å². The smallest absolute Gasteiger partial charge is 0.136 e. The van der Waals surface area contributed by atoms with Crippen molar-refractivity contribution >= 4 is 91.4 Å². The molecule has 0 unspecified atom stereocenters. The minimum Gasteiger partial charge on any atom is -0.456 e. The molecule has 2 nitrogen and oxygen atoms in total. The first kappa shape index (κ1) is 18.0. The summed E-state index contributed by atoms with van der Waals surface area (Å²) in [6, 6.07) is 35.1. The monoisotopic (exact) mass is 463 g/mol. The van der Waals surface area contributed by atoms with Crippen LogP contribution in [0.15, 0.2) is 108 Å². The Labute approximate surface area is 203 Å². The number of pyridine rings is 1. The molecule has 35 heavy (non-hydrogen) atoms. The number of furan rings is 1. The maximum Gasteiger partial charge on any atom is 0.136 e. The van der Waals surface area contributed by atoms with Gasteiger partial charge in [0.15, 0.2) is 0 Å². The molecule has 0 bridgehead atoms. The molecule has 9 rings (SSSR count). The first-order chi connectivity index (χ1) is 17.3. The highest BCUT2D eigenvalue weighted by atomic mass is 32.1. The highest BCUT2D eigenvalue weighted by molar-refractivity contribution is 7.25. The predicted octanol–water partition coefficient (Wildman–Crippen LogP) is 9.67. The third-order valence-corrected chi connectivity index (χ3v) is 8.68. The van der Waals surface area contributed by atoms with Gasteiger partial charge >= 0.3 is 0 Å². The molecular weight excluding hydrogens is 446 g/mol. The zero-order valence-corrected chi connectivity index (χ0v) is 19.4. The minimum atomic E-state index is 0.935. The lowest BCUT2D eigenvalue weighted by atomic mass is 9.97. The van der Waals surface area contributed by atoms with Gasteiger partial charge in [-0.1, -0.05) is 60.7 Å². The molecule has 0 amide bonds. The van der Waals surface area contributed by atoms with E-state index in [9.17, 15) is 0 Å². The second-order valence-electron chi connectivity index (χ2n) is 9.36. The van der Waals surface area contributed by atoms with Crippen LogP contribution in [-0.4, -0.2) is 4.40 Å². The van der Waals surface area contributed by atoms with Gasteiger partial charge < -0.3 is 8.82 Å².